The molecule has 0 radical (unpaired) electrons. The van der Waals surface area contributed by atoms with Gasteiger partial charge in [-0.05, 0) is 48.1 Å². The molecule has 0 heterocycles. The van der Waals surface area contributed by atoms with Gasteiger partial charge < -0.3 is 5.11 Å². The molecular weight excluding hydrogens is 447 g/mol. The number of halogens is 2. The molecule has 0 fully saturated rings. The van der Waals surface area contributed by atoms with Crippen molar-refractivity contribution in [1.82, 2.24) is 0 Å². The largest absolute Gasteiger partial charge is 0.376 e. The molecule has 3 aromatic rings. The molecule has 1 aliphatic carbocycles. The average molecular weight is 473 g/mol. The Labute approximate surface area is 206 Å². The summed E-state index contributed by atoms with van der Waals surface area (Å²) >= 11 is 0. The number of hydrogen-bond donors (Lipinski definition) is 1. The predicted octanol–water partition coefficient (Wildman–Crippen LogP) is 6.94. The summed E-state index contributed by atoms with van der Waals surface area (Å²) < 4.78 is 0. The third-order valence-electron chi connectivity index (χ3n) is 5.42. The van der Waals surface area contributed by atoms with E-state index in [9.17, 15) is 5.11 Å². The summed E-state index contributed by atoms with van der Waals surface area (Å²) in [6.45, 7) is 4.33. The van der Waals surface area contributed by atoms with Gasteiger partial charge in [0.2, 0.25) is 0 Å². The monoisotopic (exact) mass is 472 g/mol. The van der Waals surface area contributed by atoms with Crippen LogP contribution in [0.15, 0.2) is 102 Å². The Morgan fingerprint density at radius 3 is 1.63 bits per heavy atom. The van der Waals surface area contributed by atoms with Crippen LogP contribution in [0.25, 0.3) is 5.57 Å². The Morgan fingerprint density at radius 2 is 1.17 bits per heavy atom. The standard InChI is InChI=1S/C26H24O.2ClH.Ti/c1-19-17-20(2)24(18-19)23-15-9-10-16-25(23)26(27,21-11-5-3-6-12-21)22-13-7-4-8-14-22;;;/h3-17,27H,18H2,1-2H3;2*1H;. The summed E-state index contributed by atoms with van der Waals surface area (Å²) in [4.78, 5) is 0. The van der Waals surface area contributed by atoms with Crippen molar-refractivity contribution in [2.75, 3.05) is 0 Å². The Hall–Kier alpha value is -1.61. The zero-order chi connectivity index (χ0) is 18.9. The van der Waals surface area contributed by atoms with Crippen LogP contribution < -0.4 is 0 Å². The molecule has 0 bridgehead atoms. The quantitative estimate of drug-likeness (QED) is 0.322. The van der Waals surface area contributed by atoms with Crippen LogP contribution in [0.2, 0.25) is 0 Å². The molecule has 4 rings (SSSR count). The van der Waals surface area contributed by atoms with Crippen LogP contribution in [0.3, 0.4) is 0 Å². The van der Waals surface area contributed by atoms with E-state index < -0.39 is 5.60 Å². The van der Waals surface area contributed by atoms with Crippen LogP contribution in [-0.4, -0.2) is 5.11 Å². The van der Waals surface area contributed by atoms with E-state index in [1.165, 1.54) is 16.7 Å². The van der Waals surface area contributed by atoms with E-state index in [1.807, 2.05) is 66.7 Å². The first-order chi connectivity index (χ1) is 13.1. The molecule has 1 aliphatic rings. The fourth-order valence-electron chi connectivity index (χ4n) is 4.13. The van der Waals surface area contributed by atoms with Crippen LogP contribution in [0.1, 0.15) is 42.5 Å². The van der Waals surface area contributed by atoms with E-state index >= 15 is 0 Å². The Morgan fingerprint density at radius 1 is 0.700 bits per heavy atom. The van der Waals surface area contributed by atoms with Gasteiger partial charge in [0.25, 0.3) is 0 Å². The summed E-state index contributed by atoms with van der Waals surface area (Å²) in [5.74, 6) is 0. The minimum atomic E-state index is -1.21. The van der Waals surface area contributed by atoms with Gasteiger partial charge in [0.05, 0.1) is 0 Å². The molecule has 30 heavy (non-hydrogen) atoms. The summed E-state index contributed by atoms with van der Waals surface area (Å²) in [6, 6.07) is 28.2. The van der Waals surface area contributed by atoms with Crippen LogP contribution in [0.4, 0.5) is 0 Å². The molecule has 4 heteroatoms. The molecule has 0 amide bonds. The van der Waals surface area contributed by atoms with Crippen LogP contribution in [0.5, 0.6) is 0 Å². The molecule has 0 unspecified atom stereocenters. The number of rotatable bonds is 4. The molecule has 0 aliphatic heterocycles. The van der Waals surface area contributed by atoms with Crippen molar-refractivity contribution in [3.05, 3.63) is 124 Å². The molecule has 154 valence electrons. The molecule has 0 saturated carbocycles. The van der Waals surface area contributed by atoms with Crippen molar-refractivity contribution in [2.45, 2.75) is 25.9 Å². The maximum atomic E-state index is 12.2. The zero-order valence-corrected chi connectivity index (χ0v) is 20.3. The number of aliphatic hydroxyl groups is 1. The first kappa shape index (κ1) is 26.4. The maximum Gasteiger partial charge on any atom is 0.141 e. The maximum absolute atomic E-state index is 12.2. The smallest absolute Gasteiger partial charge is 0.141 e. The number of hydrogen-bond acceptors (Lipinski definition) is 1. The number of allylic oxidation sites excluding steroid dienone is 4. The molecule has 0 aromatic heterocycles. The SMILES string of the molecule is CC1=CC(C)=C(c2ccccc2C(O)(c2ccccc2)c2ccccc2)C1.Cl.Cl.[Ti]. The van der Waals surface area contributed by atoms with Gasteiger partial charge in [-0.25, -0.2) is 0 Å². The topological polar surface area (TPSA) is 20.2 Å². The normalized spacial score (nSPS) is 13.0. The van der Waals surface area contributed by atoms with E-state index in [0.717, 1.165) is 28.7 Å². The minimum Gasteiger partial charge on any atom is -0.376 e. The predicted molar refractivity (Wildman–Crippen MR) is 127 cm³/mol. The molecule has 0 spiro atoms. The Balaban J connectivity index is 0.00000150. The molecule has 1 N–H and O–H groups in total. The molecule has 0 saturated heterocycles. The summed E-state index contributed by atoms with van der Waals surface area (Å²) in [6.07, 6.45) is 3.18. The van der Waals surface area contributed by atoms with Crippen molar-refractivity contribution >= 4 is 30.4 Å². The third-order valence-corrected chi connectivity index (χ3v) is 5.42. The third kappa shape index (κ3) is 4.82. The molecule has 3 aromatic carbocycles. The van der Waals surface area contributed by atoms with Crippen molar-refractivity contribution in [1.29, 1.82) is 0 Å². The average Bonchev–Trinajstić information content (AvgIpc) is 3.06. The fraction of sp³-hybridized carbons (Fsp3) is 0.154. The van der Waals surface area contributed by atoms with E-state index in [1.54, 1.807) is 0 Å². The number of benzene rings is 3. The van der Waals surface area contributed by atoms with Gasteiger partial charge >= 0.3 is 0 Å². The summed E-state index contributed by atoms with van der Waals surface area (Å²) in [5, 5.41) is 12.2. The fourth-order valence-corrected chi connectivity index (χ4v) is 4.13. The second-order valence-electron chi connectivity index (χ2n) is 7.32. The Bertz CT molecular complexity index is 988. The zero-order valence-electron chi connectivity index (χ0n) is 17.1. The Kier molecular flexibility index (Phi) is 9.81. The van der Waals surface area contributed by atoms with Gasteiger partial charge in [-0.1, -0.05) is 96.6 Å². The second-order valence-corrected chi connectivity index (χ2v) is 7.32. The van der Waals surface area contributed by atoms with Gasteiger partial charge in [0.1, 0.15) is 5.60 Å². The van der Waals surface area contributed by atoms with Gasteiger partial charge in [-0.15, -0.1) is 24.8 Å². The van der Waals surface area contributed by atoms with E-state index in [0.29, 0.717) is 0 Å². The van der Waals surface area contributed by atoms with Gasteiger partial charge in [-0.3, -0.25) is 0 Å². The van der Waals surface area contributed by atoms with E-state index in [2.05, 4.69) is 38.1 Å². The van der Waals surface area contributed by atoms with Crippen molar-refractivity contribution in [3.63, 3.8) is 0 Å². The van der Waals surface area contributed by atoms with E-state index in [4.69, 9.17) is 0 Å². The van der Waals surface area contributed by atoms with Crippen molar-refractivity contribution in [2.24, 2.45) is 0 Å². The van der Waals surface area contributed by atoms with Crippen LogP contribution in [0, 0.1) is 0 Å². The summed E-state index contributed by atoms with van der Waals surface area (Å²) in [5.41, 5.74) is 6.55. The molecule has 1 nitrogen and oxygen atoms in total. The van der Waals surface area contributed by atoms with Gasteiger partial charge in [-0.2, -0.15) is 0 Å². The first-order valence-electron chi connectivity index (χ1n) is 9.41. The van der Waals surface area contributed by atoms with Crippen molar-refractivity contribution < 1.29 is 26.8 Å². The van der Waals surface area contributed by atoms with Gasteiger partial charge in [0.15, 0.2) is 0 Å². The van der Waals surface area contributed by atoms with Crippen molar-refractivity contribution in [3.8, 4) is 0 Å². The van der Waals surface area contributed by atoms with E-state index in [-0.39, 0.29) is 46.5 Å². The summed E-state index contributed by atoms with van der Waals surface area (Å²) in [7, 11) is 0. The van der Waals surface area contributed by atoms with Gasteiger partial charge in [0, 0.05) is 27.3 Å². The first-order valence-corrected chi connectivity index (χ1v) is 9.41. The molecular formula is C26H26Cl2OTi. The van der Waals surface area contributed by atoms with Crippen LogP contribution >= 0.6 is 24.8 Å². The minimum absolute atomic E-state index is 0. The van der Waals surface area contributed by atoms with Crippen LogP contribution in [-0.2, 0) is 27.3 Å². The second kappa shape index (κ2) is 11.1. The molecule has 0 atom stereocenters.